The molecule has 0 fully saturated rings. The fourth-order valence-corrected chi connectivity index (χ4v) is 2.13. The first-order valence-corrected chi connectivity index (χ1v) is 6.43. The van der Waals surface area contributed by atoms with Crippen molar-refractivity contribution in [1.82, 2.24) is 5.32 Å². The quantitative estimate of drug-likeness (QED) is 0.871. The summed E-state index contributed by atoms with van der Waals surface area (Å²) in [6, 6.07) is 8.79. The molecule has 0 aliphatic heterocycles. The average molecular weight is 285 g/mol. The van der Waals surface area contributed by atoms with E-state index < -0.39 is 0 Å². The van der Waals surface area contributed by atoms with Crippen LogP contribution >= 0.6 is 15.9 Å². The summed E-state index contributed by atoms with van der Waals surface area (Å²) in [6.45, 7) is 4.14. The second-order valence-electron chi connectivity index (χ2n) is 4.92. The Labute approximate surface area is 107 Å². The van der Waals surface area contributed by atoms with Gasteiger partial charge in [-0.3, -0.25) is 0 Å². The largest absolute Gasteiger partial charge is 0.326 e. The van der Waals surface area contributed by atoms with E-state index in [-0.39, 0.29) is 5.54 Å². The molecule has 2 nitrogen and oxygen atoms in total. The number of rotatable bonds is 5. The molecule has 1 atom stereocenters. The molecule has 0 heterocycles. The van der Waals surface area contributed by atoms with Crippen molar-refractivity contribution in [1.29, 1.82) is 0 Å². The third kappa shape index (κ3) is 4.64. The average Bonchev–Trinajstić information content (AvgIpc) is 2.17. The first kappa shape index (κ1) is 13.7. The van der Waals surface area contributed by atoms with Gasteiger partial charge in [0, 0.05) is 16.1 Å². The Bertz CT molecular complexity index is 331. The monoisotopic (exact) mass is 284 g/mol. The predicted molar refractivity (Wildman–Crippen MR) is 73.4 cm³/mol. The molecule has 0 amide bonds. The van der Waals surface area contributed by atoms with Gasteiger partial charge in [-0.2, -0.15) is 0 Å². The van der Waals surface area contributed by atoms with Crippen LogP contribution in [0.15, 0.2) is 28.7 Å². The topological polar surface area (TPSA) is 38.0 Å². The normalized spacial score (nSPS) is 13.8. The Hall–Kier alpha value is -0.380. The summed E-state index contributed by atoms with van der Waals surface area (Å²) in [5, 5.41) is 3.34. The maximum atomic E-state index is 6.01. The van der Waals surface area contributed by atoms with Crippen molar-refractivity contribution in [2.24, 2.45) is 5.73 Å². The third-order valence-corrected chi connectivity index (χ3v) is 3.17. The molecule has 0 aliphatic carbocycles. The van der Waals surface area contributed by atoms with Gasteiger partial charge in [0.25, 0.3) is 0 Å². The van der Waals surface area contributed by atoms with E-state index in [2.05, 4.69) is 53.3 Å². The van der Waals surface area contributed by atoms with Crippen LogP contribution in [-0.4, -0.2) is 12.6 Å². The van der Waals surface area contributed by atoms with Crippen molar-refractivity contribution < 1.29 is 0 Å². The van der Waals surface area contributed by atoms with Crippen molar-refractivity contribution in [2.45, 2.75) is 38.3 Å². The van der Waals surface area contributed by atoms with E-state index in [0.29, 0.717) is 6.04 Å². The Morgan fingerprint density at radius 3 is 2.62 bits per heavy atom. The van der Waals surface area contributed by atoms with Crippen LogP contribution in [0.5, 0.6) is 0 Å². The van der Waals surface area contributed by atoms with Gasteiger partial charge in [-0.25, -0.2) is 0 Å². The molecular formula is C13H21BrN2. The standard InChI is InChI=1S/C13H21BrN2/c1-13(2,15)8-7-12(16-3)10-5-4-6-11(14)9-10/h4-6,9,12,16H,7-8,15H2,1-3H3. The number of halogens is 1. The van der Waals surface area contributed by atoms with Crippen LogP contribution in [0.3, 0.4) is 0 Å². The van der Waals surface area contributed by atoms with Gasteiger partial charge in [-0.05, 0) is 51.4 Å². The van der Waals surface area contributed by atoms with E-state index in [0.717, 1.165) is 17.3 Å². The van der Waals surface area contributed by atoms with Crippen molar-refractivity contribution in [3.8, 4) is 0 Å². The summed E-state index contributed by atoms with van der Waals surface area (Å²) < 4.78 is 1.12. The highest BCUT2D eigenvalue weighted by molar-refractivity contribution is 9.10. The minimum absolute atomic E-state index is 0.0961. The van der Waals surface area contributed by atoms with Crippen molar-refractivity contribution in [2.75, 3.05) is 7.05 Å². The van der Waals surface area contributed by atoms with E-state index in [9.17, 15) is 0 Å². The molecule has 0 aliphatic rings. The van der Waals surface area contributed by atoms with E-state index in [1.807, 2.05) is 13.1 Å². The maximum Gasteiger partial charge on any atom is 0.0318 e. The molecule has 1 aromatic carbocycles. The highest BCUT2D eigenvalue weighted by atomic mass is 79.9. The molecule has 1 aromatic rings. The molecule has 16 heavy (non-hydrogen) atoms. The molecule has 90 valence electrons. The molecule has 0 radical (unpaired) electrons. The van der Waals surface area contributed by atoms with Crippen LogP contribution in [0.4, 0.5) is 0 Å². The van der Waals surface area contributed by atoms with Gasteiger partial charge in [-0.1, -0.05) is 28.1 Å². The lowest BCUT2D eigenvalue weighted by Gasteiger charge is -2.23. The fraction of sp³-hybridized carbons (Fsp3) is 0.538. The van der Waals surface area contributed by atoms with Gasteiger partial charge in [0.15, 0.2) is 0 Å². The number of hydrogen-bond donors (Lipinski definition) is 2. The highest BCUT2D eigenvalue weighted by Gasteiger charge is 2.15. The molecule has 1 unspecified atom stereocenters. The minimum Gasteiger partial charge on any atom is -0.326 e. The number of nitrogens with two attached hydrogens (primary N) is 1. The summed E-state index contributed by atoms with van der Waals surface area (Å²) in [4.78, 5) is 0. The summed E-state index contributed by atoms with van der Waals surface area (Å²) in [5.41, 5.74) is 7.22. The second-order valence-corrected chi connectivity index (χ2v) is 5.84. The van der Waals surface area contributed by atoms with Crippen molar-refractivity contribution in [3.05, 3.63) is 34.3 Å². The van der Waals surface area contributed by atoms with Crippen LogP contribution in [-0.2, 0) is 0 Å². The molecule has 3 heteroatoms. The molecule has 0 saturated carbocycles. The highest BCUT2D eigenvalue weighted by Crippen LogP contribution is 2.23. The lowest BCUT2D eigenvalue weighted by Crippen LogP contribution is -2.33. The Balaban J connectivity index is 2.68. The molecule has 0 spiro atoms. The van der Waals surface area contributed by atoms with Crippen LogP contribution in [0.2, 0.25) is 0 Å². The van der Waals surface area contributed by atoms with Crippen LogP contribution < -0.4 is 11.1 Å². The Morgan fingerprint density at radius 1 is 1.44 bits per heavy atom. The van der Waals surface area contributed by atoms with Gasteiger partial charge in [0.05, 0.1) is 0 Å². The maximum absolute atomic E-state index is 6.01. The second kappa shape index (κ2) is 5.80. The molecule has 1 rings (SSSR count). The number of benzene rings is 1. The smallest absolute Gasteiger partial charge is 0.0318 e. The minimum atomic E-state index is -0.0961. The van der Waals surface area contributed by atoms with Crippen LogP contribution in [0, 0.1) is 0 Å². The summed E-state index contributed by atoms with van der Waals surface area (Å²) in [6.07, 6.45) is 2.06. The molecule has 0 saturated heterocycles. The zero-order valence-electron chi connectivity index (χ0n) is 10.3. The summed E-state index contributed by atoms with van der Waals surface area (Å²) in [5.74, 6) is 0. The Kier molecular flexibility index (Phi) is 4.96. The zero-order valence-corrected chi connectivity index (χ0v) is 11.8. The lowest BCUT2D eigenvalue weighted by atomic mass is 9.93. The zero-order chi connectivity index (χ0) is 12.2. The van der Waals surface area contributed by atoms with Crippen molar-refractivity contribution >= 4 is 15.9 Å². The van der Waals surface area contributed by atoms with E-state index in [4.69, 9.17) is 5.73 Å². The molecule has 3 N–H and O–H groups in total. The van der Waals surface area contributed by atoms with E-state index >= 15 is 0 Å². The van der Waals surface area contributed by atoms with Gasteiger partial charge < -0.3 is 11.1 Å². The Morgan fingerprint density at radius 2 is 2.12 bits per heavy atom. The SMILES string of the molecule is CNC(CCC(C)(C)N)c1cccc(Br)c1. The molecule has 0 aromatic heterocycles. The fourth-order valence-electron chi connectivity index (χ4n) is 1.72. The number of hydrogen-bond acceptors (Lipinski definition) is 2. The van der Waals surface area contributed by atoms with Crippen LogP contribution in [0.1, 0.15) is 38.3 Å². The van der Waals surface area contributed by atoms with Gasteiger partial charge >= 0.3 is 0 Å². The first-order valence-electron chi connectivity index (χ1n) is 5.64. The third-order valence-electron chi connectivity index (χ3n) is 2.68. The summed E-state index contributed by atoms with van der Waals surface area (Å²) in [7, 11) is 2.00. The van der Waals surface area contributed by atoms with Crippen molar-refractivity contribution in [3.63, 3.8) is 0 Å². The molecular weight excluding hydrogens is 264 g/mol. The van der Waals surface area contributed by atoms with Gasteiger partial charge in [0.1, 0.15) is 0 Å². The van der Waals surface area contributed by atoms with Gasteiger partial charge in [-0.15, -0.1) is 0 Å². The summed E-state index contributed by atoms with van der Waals surface area (Å²) >= 11 is 3.50. The predicted octanol–water partition coefficient (Wildman–Crippen LogP) is 3.23. The van der Waals surface area contributed by atoms with Gasteiger partial charge in [0.2, 0.25) is 0 Å². The van der Waals surface area contributed by atoms with E-state index in [1.54, 1.807) is 0 Å². The lowest BCUT2D eigenvalue weighted by molar-refractivity contribution is 0.411. The van der Waals surface area contributed by atoms with E-state index in [1.165, 1.54) is 5.56 Å². The first-order chi connectivity index (χ1) is 7.42. The van der Waals surface area contributed by atoms with Crippen LogP contribution in [0.25, 0.3) is 0 Å². The molecule has 0 bridgehead atoms. The number of nitrogens with one attached hydrogen (secondary N) is 1.